The maximum Gasteiger partial charge on any atom is 0.427 e. The molecule has 0 saturated heterocycles. The zero-order chi connectivity index (χ0) is 22.2. The second kappa shape index (κ2) is 7.70. The van der Waals surface area contributed by atoms with Crippen molar-refractivity contribution in [1.82, 2.24) is 5.32 Å². The highest BCUT2D eigenvalue weighted by molar-refractivity contribution is 6.30. The van der Waals surface area contributed by atoms with E-state index in [9.17, 15) is 32.7 Å². The number of rotatable bonds is 4. The third-order valence-corrected chi connectivity index (χ3v) is 4.80. The van der Waals surface area contributed by atoms with Crippen molar-refractivity contribution in [3.8, 4) is 0 Å². The van der Waals surface area contributed by atoms with E-state index in [4.69, 9.17) is 11.6 Å². The van der Waals surface area contributed by atoms with Gasteiger partial charge >= 0.3 is 12.1 Å². The first-order valence-corrected chi connectivity index (χ1v) is 8.82. The van der Waals surface area contributed by atoms with Crippen molar-refractivity contribution >= 4 is 29.3 Å². The number of ketones is 1. The van der Waals surface area contributed by atoms with E-state index in [0.29, 0.717) is 7.11 Å². The number of ether oxygens (including phenoxy) is 1. The first-order valence-electron chi connectivity index (χ1n) is 8.44. The first kappa shape index (κ1) is 22.7. The Morgan fingerprint density at radius 3 is 2.17 bits per heavy atom. The van der Waals surface area contributed by atoms with Gasteiger partial charge in [0, 0.05) is 23.4 Å². The van der Waals surface area contributed by atoms with Crippen LogP contribution in [0.3, 0.4) is 0 Å². The SMILES string of the molecule is COC(=O)[C@](NC(=O)c1ccc(Cl)cc1)(C1=C(O)CC(C)(C)CC1=O)C(F)(F)F. The lowest BCUT2D eigenvalue weighted by atomic mass is 9.71. The van der Waals surface area contributed by atoms with Gasteiger partial charge in [-0.2, -0.15) is 13.2 Å². The molecule has 0 unspecified atom stereocenters. The van der Waals surface area contributed by atoms with Crippen molar-refractivity contribution < 1.29 is 37.4 Å². The third-order valence-electron chi connectivity index (χ3n) is 4.55. The smallest absolute Gasteiger partial charge is 0.427 e. The molecular weight excluding hydrogens is 415 g/mol. The molecule has 1 aliphatic rings. The highest BCUT2D eigenvalue weighted by atomic mass is 35.5. The highest BCUT2D eigenvalue weighted by Crippen LogP contribution is 2.45. The lowest BCUT2D eigenvalue weighted by molar-refractivity contribution is -0.202. The number of aliphatic hydroxyl groups is 1. The molecular formula is C19H19ClF3NO5. The van der Waals surface area contributed by atoms with Crippen LogP contribution in [0.25, 0.3) is 0 Å². The minimum Gasteiger partial charge on any atom is -0.512 e. The minimum absolute atomic E-state index is 0.238. The largest absolute Gasteiger partial charge is 0.512 e. The number of carbonyl (C=O) groups is 3. The van der Waals surface area contributed by atoms with Crippen LogP contribution in [-0.4, -0.2) is 41.6 Å². The number of Topliss-reactive ketones (excluding diaryl/α,β-unsaturated/α-hetero) is 1. The molecule has 0 bridgehead atoms. The Labute approximate surface area is 169 Å². The number of aliphatic hydroxyl groups excluding tert-OH is 1. The third kappa shape index (κ3) is 4.24. The summed E-state index contributed by atoms with van der Waals surface area (Å²) in [6, 6.07) is 4.84. The fourth-order valence-corrected chi connectivity index (χ4v) is 3.38. The summed E-state index contributed by atoms with van der Waals surface area (Å²) in [7, 11) is 0.687. The number of nitrogens with one attached hydrogen (secondary N) is 1. The second-order valence-corrected chi connectivity index (χ2v) is 7.90. The molecule has 0 heterocycles. The van der Waals surface area contributed by atoms with Crippen LogP contribution in [0.4, 0.5) is 13.2 Å². The normalized spacial score (nSPS) is 18.8. The molecule has 2 rings (SSSR count). The van der Waals surface area contributed by atoms with Crippen LogP contribution in [0.5, 0.6) is 0 Å². The van der Waals surface area contributed by atoms with Gasteiger partial charge < -0.3 is 15.2 Å². The molecule has 1 aromatic rings. The Hall–Kier alpha value is -2.55. The van der Waals surface area contributed by atoms with E-state index in [1.807, 2.05) is 0 Å². The maximum atomic E-state index is 14.2. The van der Waals surface area contributed by atoms with E-state index in [1.54, 1.807) is 19.2 Å². The molecule has 6 nitrogen and oxygen atoms in total. The molecule has 0 spiro atoms. The Morgan fingerprint density at radius 1 is 1.17 bits per heavy atom. The van der Waals surface area contributed by atoms with E-state index in [0.717, 1.165) is 12.1 Å². The van der Waals surface area contributed by atoms with Crippen LogP contribution < -0.4 is 5.32 Å². The molecule has 0 aromatic heterocycles. The van der Waals surface area contributed by atoms with Gasteiger partial charge in [-0.1, -0.05) is 25.4 Å². The van der Waals surface area contributed by atoms with Crippen LogP contribution in [0, 0.1) is 5.41 Å². The molecule has 29 heavy (non-hydrogen) atoms. The fourth-order valence-electron chi connectivity index (χ4n) is 3.25. The lowest BCUT2D eigenvalue weighted by Gasteiger charge is -2.39. The van der Waals surface area contributed by atoms with Gasteiger partial charge in [0.05, 0.1) is 12.7 Å². The average molecular weight is 434 g/mol. The molecule has 1 amide bonds. The molecule has 1 aromatic carbocycles. The molecule has 158 valence electrons. The zero-order valence-electron chi connectivity index (χ0n) is 15.8. The van der Waals surface area contributed by atoms with Crippen molar-refractivity contribution in [2.24, 2.45) is 5.41 Å². The van der Waals surface area contributed by atoms with Gasteiger partial charge in [-0.05, 0) is 29.7 Å². The van der Waals surface area contributed by atoms with Crippen LogP contribution in [0.15, 0.2) is 35.6 Å². The number of hydrogen-bond acceptors (Lipinski definition) is 5. The van der Waals surface area contributed by atoms with Crippen molar-refractivity contribution in [1.29, 1.82) is 0 Å². The molecule has 0 aliphatic heterocycles. The summed E-state index contributed by atoms with van der Waals surface area (Å²) in [6.07, 6.45) is -6.14. The Balaban J connectivity index is 2.69. The number of hydrogen-bond donors (Lipinski definition) is 2. The van der Waals surface area contributed by atoms with Crippen molar-refractivity contribution in [2.75, 3.05) is 7.11 Å². The van der Waals surface area contributed by atoms with E-state index in [-0.39, 0.29) is 23.4 Å². The summed E-state index contributed by atoms with van der Waals surface area (Å²) >= 11 is 5.71. The summed E-state index contributed by atoms with van der Waals surface area (Å²) in [5.41, 5.74) is -6.16. The molecule has 0 fully saturated rings. The Morgan fingerprint density at radius 2 is 1.72 bits per heavy atom. The van der Waals surface area contributed by atoms with Gasteiger partial charge in [0.2, 0.25) is 0 Å². The van der Waals surface area contributed by atoms with Crippen LogP contribution >= 0.6 is 11.6 Å². The van der Waals surface area contributed by atoms with Gasteiger partial charge in [0.25, 0.3) is 11.4 Å². The lowest BCUT2D eigenvalue weighted by Crippen LogP contribution is -2.67. The molecule has 0 radical (unpaired) electrons. The number of carbonyl (C=O) groups excluding carboxylic acids is 3. The Bertz CT molecular complexity index is 877. The van der Waals surface area contributed by atoms with Gasteiger partial charge in [0.15, 0.2) is 5.78 Å². The fraction of sp³-hybridized carbons (Fsp3) is 0.421. The highest BCUT2D eigenvalue weighted by Gasteiger charge is 2.68. The molecule has 10 heteroatoms. The molecule has 1 atom stereocenters. The topological polar surface area (TPSA) is 92.7 Å². The molecule has 0 saturated carbocycles. The van der Waals surface area contributed by atoms with Crippen molar-refractivity contribution in [3.63, 3.8) is 0 Å². The van der Waals surface area contributed by atoms with Gasteiger partial charge in [0.1, 0.15) is 5.76 Å². The number of allylic oxidation sites excluding steroid dienone is 1. The van der Waals surface area contributed by atoms with Crippen LogP contribution in [-0.2, 0) is 14.3 Å². The van der Waals surface area contributed by atoms with Gasteiger partial charge in [-0.25, -0.2) is 4.79 Å². The van der Waals surface area contributed by atoms with E-state index < -0.39 is 46.1 Å². The average Bonchev–Trinajstić information content (AvgIpc) is 2.57. The Kier molecular flexibility index (Phi) is 6.04. The van der Waals surface area contributed by atoms with E-state index in [1.165, 1.54) is 12.1 Å². The zero-order valence-corrected chi connectivity index (χ0v) is 16.6. The van der Waals surface area contributed by atoms with Gasteiger partial charge in [-0.3, -0.25) is 9.59 Å². The number of esters is 1. The molecule has 2 N–H and O–H groups in total. The first-order chi connectivity index (χ1) is 13.2. The predicted molar refractivity (Wildman–Crippen MR) is 97.4 cm³/mol. The number of benzene rings is 1. The predicted octanol–water partition coefficient (Wildman–Crippen LogP) is 3.75. The summed E-state index contributed by atoms with van der Waals surface area (Å²) < 4.78 is 47.0. The van der Waals surface area contributed by atoms with Gasteiger partial charge in [-0.15, -0.1) is 0 Å². The number of methoxy groups -OCH3 is 1. The number of alkyl halides is 3. The number of halogens is 4. The summed E-state index contributed by atoms with van der Waals surface area (Å²) in [5.74, 6) is -5.28. The standard InChI is InChI=1S/C19H19ClF3NO5/c1-17(2)8-12(25)14(13(26)9-17)18(16(28)29-3,19(21,22)23)24-15(27)10-4-6-11(20)7-5-10/h4-7,25H,8-9H2,1-3H3,(H,24,27)/t18-/m1/s1. The molecule has 1 aliphatic carbocycles. The summed E-state index contributed by atoms with van der Waals surface area (Å²) in [5, 5.41) is 12.2. The van der Waals surface area contributed by atoms with Crippen LogP contribution in [0.1, 0.15) is 37.0 Å². The van der Waals surface area contributed by atoms with E-state index in [2.05, 4.69) is 4.74 Å². The van der Waals surface area contributed by atoms with Crippen molar-refractivity contribution in [2.45, 2.75) is 38.4 Å². The summed E-state index contributed by atoms with van der Waals surface area (Å²) in [6.45, 7) is 3.16. The quantitative estimate of drug-likeness (QED) is 0.705. The summed E-state index contributed by atoms with van der Waals surface area (Å²) in [4.78, 5) is 37.5. The van der Waals surface area contributed by atoms with E-state index >= 15 is 0 Å². The second-order valence-electron chi connectivity index (χ2n) is 7.46. The monoisotopic (exact) mass is 433 g/mol. The van der Waals surface area contributed by atoms with Crippen LogP contribution in [0.2, 0.25) is 5.02 Å². The minimum atomic E-state index is -5.48. The maximum absolute atomic E-state index is 14.2. The van der Waals surface area contributed by atoms with Crippen molar-refractivity contribution in [3.05, 3.63) is 46.2 Å². The number of amides is 1.